The molecule has 0 aromatic carbocycles. The molecule has 0 bridgehead atoms. The highest BCUT2D eigenvalue weighted by molar-refractivity contribution is 5.69. The van der Waals surface area contributed by atoms with Crippen LogP contribution in [-0.4, -0.2) is 23.1 Å². The highest BCUT2D eigenvalue weighted by Gasteiger charge is 2.13. The Hall–Kier alpha value is -1.32. The van der Waals surface area contributed by atoms with Gasteiger partial charge in [-0.1, -0.05) is 142 Å². The number of unbranched alkanes of at least 4 members (excludes halogenated alkanes) is 20. The summed E-state index contributed by atoms with van der Waals surface area (Å²) in [5.41, 5.74) is 0. The first-order valence-corrected chi connectivity index (χ1v) is 17.2. The second-order valence-electron chi connectivity index (χ2n) is 11.7. The summed E-state index contributed by atoms with van der Waals surface area (Å²) in [4.78, 5) is 22.9. The van der Waals surface area contributed by atoms with Crippen LogP contribution in [0.15, 0.2) is 12.2 Å². The minimum atomic E-state index is -0.670. The molecule has 0 heterocycles. The number of rotatable bonds is 31. The van der Waals surface area contributed by atoms with E-state index < -0.39 is 5.97 Å². The molecule has 0 aliphatic rings. The van der Waals surface area contributed by atoms with E-state index in [9.17, 15) is 9.59 Å². The summed E-state index contributed by atoms with van der Waals surface area (Å²) < 4.78 is 5.90. The Kier molecular flexibility index (Phi) is 30.2. The average Bonchev–Trinajstić information content (AvgIpc) is 2.92. The molecule has 1 N–H and O–H groups in total. The van der Waals surface area contributed by atoms with Gasteiger partial charge in [0.2, 0.25) is 0 Å². The molecule has 0 aliphatic carbocycles. The van der Waals surface area contributed by atoms with Crippen molar-refractivity contribution in [2.24, 2.45) is 0 Å². The molecule has 0 rings (SSSR count). The van der Waals surface area contributed by atoms with Gasteiger partial charge in [0.15, 0.2) is 0 Å². The zero-order valence-electron chi connectivity index (χ0n) is 26.2. The van der Waals surface area contributed by atoms with Gasteiger partial charge in [0.25, 0.3) is 0 Å². The molecule has 230 valence electrons. The van der Waals surface area contributed by atoms with Crippen LogP contribution in [0.5, 0.6) is 0 Å². The maximum Gasteiger partial charge on any atom is 0.306 e. The molecule has 4 heteroatoms. The number of esters is 1. The normalized spacial score (nSPS) is 12.3. The molecule has 1 atom stereocenters. The van der Waals surface area contributed by atoms with E-state index in [2.05, 4.69) is 26.0 Å². The highest BCUT2D eigenvalue weighted by atomic mass is 16.5. The predicted octanol–water partition coefficient (Wildman–Crippen LogP) is 11.5. The molecule has 0 saturated carbocycles. The van der Waals surface area contributed by atoms with Crippen molar-refractivity contribution in [3.63, 3.8) is 0 Å². The third kappa shape index (κ3) is 31.1. The summed E-state index contributed by atoms with van der Waals surface area (Å²) >= 11 is 0. The summed E-state index contributed by atoms with van der Waals surface area (Å²) in [7, 11) is 0. The smallest absolute Gasteiger partial charge is 0.306 e. The van der Waals surface area contributed by atoms with Gasteiger partial charge < -0.3 is 9.84 Å². The van der Waals surface area contributed by atoms with Crippen molar-refractivity contribution in [1.82, 2.24) is 0 Å². The van der Waals surface area contributed by atoms with Crippen molar-refractivity contribution in [3.8, 4) is 0 Å². The Morgan fingerprint density at radius 1 is 0.538 bits per heavy atom. The second-order valence-corrected chi connectivity index (χ2v) is 11.7. The van der Waals surface area contributed by atoms with Crippen molar-refractivity contribution in [2.45, 2.75) is 200 Å². The number of carbonyl (C=O) groups excluding carboxylic acids is 1. The molecule has 0 aliphatic heterocycles. The number of hydrogen-bond donors (Lipinski definition) is 1. The molecule has 0 saturated heterocycles. The van der Waals surface area contributed by atoms with Crippen LogP contribution in [0.1, 0.15) is 194 Å². The molecule has 0 fully saturated rings. The fourth-order valence-corrected chi connectivity index (χ4v) is 5.15. The number of ether oxygens (including phenoxy) is 1. The molecule has 39 heavy (non-hydrogen) atoms. The van der Waals surface area contributed by atoms with Gasteiger partial charge in [-0.25, -0.2) is 0 Å². The molecule has 4 nitrogen and oxygen atoms in total. The van der Waals surface area contributed by atoms with E-state index >= 15 is 0 Å². The minimum Gasteiger partial charge on any atom is -0.481 e. The van der Waals surface area contributed by atoms with Crippen LogP contribution in [0.4, 0.5) is 0 Å². The summed E-state index contributed by atoms with van der Waals surface area (Å²) in [5.74, 6) is -0.647. The van der Waals surface area contributed by atoms with Crippen molar-refractivity contribution in [3.05, 3.63) is 12.2 Å². The fourth-order valence-electron chi connectivity index (χ4n) is 5.15. The van der Waals surface area contributed by atoms with Gasteiger partial charge in [0.05, 0.1) is 0 Å². The number of allylic oxidation sites excluding steroid dienone is 2. The van der Waals surface area contributed by atoms with Crippen LogP contribution in [0.3, 0.4) is 0 Å². The van der Waals surface area contributed by atoms with Crippen LogP contribution < -0.4 is 0 Å². The fraction of sp³-hybridized carbons (Fsp3) is 0.886. The summed E-state index contributed by atoms with van der Waals surface area (Å²) in [6.07, 6.45) is 36.9. The van der Waals surface area contributed by atoms with Gasteiger partial charge >= 0.3 is 11.9 Å². The second kappa shape index (κ2) is 31.2. The first kappa shape index (κ1) is 37.7. The Labute approximate surface area is 243 Å². The first-order chi connectivity index (χ1) is 19.1. The topological polar surface area (TPSA) is 63.6 Å². The molecule has 1 unspecified atom stereocenters. The Bertz CT molecular complexity index is 557. The molecule has 0 aromatic rings. The van der Waals surface area contributed by atoms with E-state index in [1.54, 1.807) is 0 Å². The monoisotopic (exact) mass is 550 g/mol. The molecule has 0 amide bonds. The van der Waals surface area contributed by atoms with Crippen LogP contribution in [0.25, 0.3) is 0 Å². The lowest BCUT2D eigenvalue weighted by molar-refractivity contribution is -0.150. The highest BCUT2D eigenvalue weighted by Crippen LogP contribution is 2.18. The van der Waals surface area contributed by atoms with Crippen LogP contribution in [-0.2, 0) is 14.3 Å². The van der Waals surface area contributed by atoms with E-state index in [-0.39, 0.29) is 12.1 Å². The zero-order chi connectivity index (χ0) is 28.7. The lowest BCUT2D eigenvalue weighted by Crippen LogP contribution is -2.18. The van der Waals surface area contributed by atoms with Gasteiger partial charge in [-0.2, -0.15) is 0 Å². The van der Waals surface area contributed by atoms with E-state index in [1.807, 2.05) is 0 Å². The molecular weight excluding hydrogens is 484 g/mol. The predicted molar refractivity (Wildman–Crippen MR) is 167 cm³/mol. The number of carboxylic acids is 1. The van der Waals surface area contributed by atoms with E-state index in [0.29, 0.717) is 12.8 Å². The van der Waals surface area contributed by atoms with Gasteiger partial charge in [0.1, 0.15) is 6.10 Å². The standard InChI is InChI=1S/C35H66O4/c1-3-5-7-8-9-10-11-16-19-22-25-28-32-35(38)39-33(29-6-4-2)30-26-23-20-17-14-12-13-15-18-21-24-27-31-34(36)37/h8-9,33H,3-7,10-32H2,1-2H3,(H,36,37)/b9-8-. The maximum atomic E-state index is 12.4. The molecule has 0 radical (unpaired) electrons. The minimum absolute atomic E-state index is 0.0233. The van der Waals surface area contributed by atoms with Crippen molar-refractivity contribution in [1.29, 1.82) is 0 Å². The van der Waals surface area contributed by atoms with Crippen molar-refractivity contribution in [2.75, 3.05) is 0 Å². The molecule has 0 aromatic heterocycles. The molecule has 0 spiro atoms. The third-order valence-electron chi connectivity index (χ3n) is 7.74. The van der Waals surface area contributed by atoms with Crippen molar-refractivity contribution < 1.29 is 19.4 Å². The zero-order valence-corrected chi connectivity index (χ0v) is 26.2. The number of hydrogen-bond acceptors (Lipinski definition) is 3. The van der Waals surface area contributed by atoms with E-state index in [0.717, 1.165) is 51.4 Å². The number of carboxylic acid groups (broad SMARTS) is 1. The Morgan fingerprint density at radius 3 is 1.46 bits per heavy atom. The lowest BCUT2D eigenvalue weighted by atomic mass is 10.0. The summed E-state index contributed by atoms with van der Waals surface area (Å²) in [6, 6.07) is 0. The van der Waals surface area contributed by atoms with Crippen LogP contribution >= 0.6 is 0 Å². The van der Waals surface area contributed by atoms with Gasteiger partial charge in [0, 0.05) is 12.8 Å². The van der Waals surface area contributed by atoms with E-state index in [1.165, 1.54) is 116 Å². The average molecular weight is 551 g/mol. The van der Waals surface area contributed by atoms with Crippen LogP contribution in [0.2, 0.25) is 0 Å². The maximum absolute atomic E-state index is 12.4. The summed E-state index contributed by atoms with van der Waals surface area (Å²) in [5, 5.41) is 8.65. The van der Waals surface area contributed by atoms with Crippen molar-refractivity contribution >= 4 is 11.9 Å². The molecular formula is C35H66O4. The number of carbonyl (C=O) groups is 2. The van der Waals surface area contributed by atoms with Gasteiger partial charge in [-0.3, -0.25) is 9.59 Å². The third-order valence-corrected chi connectivity index (χ3v) is 7.74. The first-order valence-electron chi connectivity index (χ1n) is 17.2. The Balaban J connectivity index is 3.66. The van der Waals surface area contributed by atoms with Crippen LogP contribution in [0, 0.1) is 0 Å². The largest absolute Gasteiger partial charge is 0.481 e. The summed E-state index contributed by atoms with van der Waals surface area (Å²) in [6.45, 7) is 4.45. The van der Waals surface area contributed by atoms with Gasteiger partial charge in [-0.15, -0.1) is 0 Å². The van der Waals surface area contributed by atoms with E-state index in [4.69, 9.17) is 9.84 Å². The quantitative estimate of drug-likeness (QED) is 0.0529. The van der Waals surface area contributed by atoms with Gasteiger partial charge in [-0.05, 0) is 51.4 Å². The number of aliphatic carboxylic acids is 1. The Morgan fingerprint density at radius 2 is 0.949 bits per heavy atom. The lowest BCUT2D eigenvalue weighted by Gasteiger charge is -2.18. The SMILES string of the molecule is CCCC/C=C\CCCCCCCCC(=O)OC(CCCC)CCCCCCCCCCCCCCC(=O)O.